The summed E-state index contributed by atoms with van der Waals surface area (Å²) in [4.78, 5) is 24.2. The fourth-order valence-electron chi connectivity index (χ4n) is 3.20. The zero-order valence-corrected chi connectivity index (χ0v) is 14.1. The van der Waals surface area contributed by atoms with Crippen LogP contribution < -0.4 is 16.0 Å². The third-order valence-electron chi connectivity index (χ3n) is 4.48. The molecule has 1 aliphatic carbocycles. The molecule has 1 aromatic carbocycles. The molecule has 25 heavy (non-hydrogen) atoms. The maximum atomic E-state index is 12.2. The monoisotopic (exact) mass is 342 g/mol. The molecule has 3 amide bonds. The van der Waals surface area contributed by atoms with Crippen molar-refractivity contribution in [3.05, 3.63) is 36.4 Å². The lowest BCUT2D eigenvalue weighted by molar-refractivity contribution is -0.126. The summed E-state index contributed by atoms with van der Waals surface area (Å²) >= 11 is 0. The number of aromatic nitrogens is 1. The molecule has 0 aliphatic heterocycles. The van der Waals surface area contributed by atoms with Crippen molar-refractivity contribution in [2.75, 3.05) is 12.4 Å². The molecule has 7 heteroatoms. The summed E-state index contributed by atoms with van der Waals surface area (Å²) in [5, 5.41) is 12.1. The van der Waals surface area contributed by atoms with E-state index in [1.807, 2.05) is 30.3 Å². The molecule has 0 unspecified atom stereocenters. The Morgan fingerprint density at radius 3 is 2.68 bits per heavy atom. The molecule has 3 rings (SSSR count). The van der Waals surface area contributed by atoms with Crippen LogP contribution in [0.2, 0.25) is 0 Å². The van der Waals surface area contributed by atoms with Crippen molar-refractivity contribution in [2.45, 2.75) is 31.7 Å². The number of urea groups is 1. The van der Waals surface area contributed by atoms with E-state index in [4.69, 9.17) is 4.52 Å². The van der Waals surface area contributed by atoms with Crippen molar-refractivity contribution in [3.8, 4) is 11.3 Å². The van der Waals surface area contributed by atoms with Crippen LogP contribution in [-0.4, -0.2) is 30.2 Å². The predicted octanol–water partition coefficient (Wildman–Crippen LogP) is 2.77. The molecule has 2 aromatic rings. The zero-order chi connectivity index (χ0) is 17.6. The van der Waals surface area contributed by atoms with Gasteiger partial charge in [-0.25, -0.2) is 4.79 Å². The van der Waals surface area contributed by atoms with Crippen molar-refractivity contribution < 1.29 is 14.1 Å². The van der Waals surface area contributed by atoms with Crippen LogP contribution in [0.1, 0.15) is 25.7 Å². The van der Waals surface area contributed by atoms with Crippen LogP contribution >= 0.6 is 0 Å². The molecule has 1 saturated carbocycles. The van der Waals surface area contributed by atoms with Crippen molar-refractivity contribution in [3.63, 3.8) is 0 Å². The standard InChI is InChI=1S/C18H22N4O3/c1-19-17(23)13-9-5-6-10-14(13)20-18(24)21-16-11-15(25-22-16)12-7-3-2-4-8-12/h2-4,7-8,11,13-14H,5-6,9-10H2,1H3,(H,19,23)(H2,20,21,22,24)/t13-,14-/m1/s1. The van der Waals surface area contributed by atoms with Gasteiger partial charge in [-0.15, -0.1) is 0 Å². The Morgan fingerprint density at radius 2 is 1.92 bits per heavy atom. The maximum absolute atomic E-state index is 12.2. The Hall–Kier alpha value is -2.83. The van der Waals surface area contributed by atoms with Crippen LogP contribution in [0.15, 0.2) is 40.9 Å². The largest absolute Gasteiger partial charge is 0.359 e. The predicted molar refractivity (Wildman–Crippen MR) is 93.9 cm³/mol. The van der Waals surface area contributed by atoms with Crippen LogP contribution in [0.3, 0.4) is 0 Å². The third-order valence-corrected chi connectivity index (χ3v) is 4.48. The van der Waals surface area contributed by atoms with Crippen molar-refractivity contribution >= 4 is 17.8 Å². The van der Waals surface area contributed by atoms with Crippen LogP contribution in [0.25, 0.3) is 11.3 Å². The zero-order valence-electron chi connectivity index (χ0n) is 14.1. The number of hydrogen-bond donors (Lipinski definition) is 3. The van der Waals surface area contributed by atoms with Crippen LogP contribution in [0, 0.1) is 5.92 Å². The Balaban J connectivity index is 1.60. The van der Waals surface area contributed by atoms with E-state index in [1.165, 1.54) is 0 Å². The van der Waals surface area contributed by atoms with E-state index in [-0.39, 0.29) is 23.9 Å². The molecular weight excluding hydrogens is 320 g/mol. The molecule has 1 heterocycles. The van der Waals surface area contributed by atoms with Gasteiger partial charge < -0.3 is 15.2 Å². The van der Waals surface area contributed by atoms with E-state index in [0.717, 1.165) is 31.2 Å². The number of nitrogens with one attached hydrogen (secondary N) is 3. The molecule has 2 atom stereocenters. The molecular formula is C18H22N4O3. The lowest BCUT2D eigenvalue weighted by Crippen LogP contribution is -2.49. The smallest absolute Gasteiger partial charge is 0.320 e. The Labute approximate surface area is 146 Å². The number of amides is 3. The van der Waals surface area contributed by atoms with E-state index in [0.29, 0.717) is 11.6 Å². The minimum atomic E-state index is -0.381. The first-order valence-corrected chi connectivity index (χ1v) is 8.48. The summed E-state index contributed by atoms with van der Waals surface area (Å²) < 4.78 is 5.26. The number of anilines is 1. The first kappa shape index (κ1) is 17.0. The molecule has 0 bridgehead atoms. The van der Waals surface area contributed by atoms with E-state index in [2.05, 4.69) is 21.1 Å². The minimum Gasteiger partial charge on any atom is -0.359 e. The summed E-state index contributed by atoms with van der Waals surface area (Å²) in [6, 6.07) is 10.6. The van der Waals surface area contributed by atoms with Gasteiger partial charge >= 0.3 is 6.03 Å². The molecule has 3 N–H and O–H groups in total. The lowest BCUT2D eigenvalue weighted by Gasteiger charge is -2.30. The van der Waals surface area contributed by atoms with E-state index < -0.39 is 0 Å². The highest BCUT2D eigenvalue weighted by molar-refractivity contribution is 5.89. The fraction of sp³-hybridized carbons (Fsp3) is 0.389. The highest BCUT2D eigenvalue weighted by Gasteiger charge is 2.31. The second-order valence-electron chi connectivity index (χ2n) is 6.15. The Bertz CT molecular complexity index is 729. The van der Waals surface area contributed by atoms with Gasteiger partial charge in [0.2, 0.25) is 5.91 Å². The average molecular weight is 342 g/mol. The van der Waals surface area contributed by atoms with Gasteiger partial charge in [-0.1, -0.05) is 48.3 Å². The average Bonchev–Trinajstić information content (AvgIpc) is 3.10. The van der Waals surface area contributed by atoms with Crippen molar-refractivity contribution in [1.29, 1.82) is 0 Å². The third kappa shape index (κ3) is 4.17. The summed E-state index contributed by atoms with van der Waals surface area (Å²) in [7, 11) is 1.62. The van der Waals surface area contributed by atoms with Crippen LogP contribution in [-0.2, 0) is 4.79 Å². The second kappa shape index (κ2) is 7.83. The van der Waals surface area contributed by atoms with Crippen LogP contribution in [0.4, 0.5) is 10.6 Å². The number of benzene rings is 1. The van der Waals surface area contributed by atoms with E-state index in [9.17, 15) is 9.59 Å². The van der Waals surface area contributed by atoms with Crippen molar-refractivity contribution in [2.24, 2.45) is 5.92 Å². The molecule has 0 spiro atoms. The quantitative estimate of drug-likeness (QED) is 0.796. The number of nitrogens with zero attached hydrogens (tertiary/aromatic N) is 1. The summed E-state index contributed by atoms with van der Waals surface area (Å²) in [5.74, 6) is 0.694. The summed E-state index contributed by atoms with van der Waals surface area (Å²) in [6.07, 6.45) is 3.58. The van der Waals surface area contributed by atoms with Gasteiger partial charge in [0.25, 0.3) is 0 Å². The molecule has 0 radical (unpaired) electrons. The normalized spacial score (nSPS) is 19.9. The van der Waals surface area contributed by atoms with Gasteiger partial charge in [-0.3, -0.25) is 10.1 Å². The number of hydrogen-bond acceptors (Lipinski definition) is 4. The van der Waals surface area contributed by atoms with Gasteiger partial charge in [0.15, 0.2) is 11.6 Å². The Kier molecular flexibility index (Phi) is 5.33. The highest BCUT2D eigenvalue weighted by Crippen LogP contribution is 2.25. The summed E-state index contributed by atoms with van der Waals surface area (Å²) in [5.41, 5.74) is 0.885. The SMILES string of the molecule is CNC(=O)[C@@H]1CCCC[C@H]1NC(=O)Nc1cc(-c2ccccc2)on1. The first-order valence-electron chi connectivity index (χ1n) is 8.48. The summed E-state index contributed by atoms with van der Waals surface area (Å²) in [6.45, 7) is 0. The topological polar surface area (TPSA) is 96.3 Å². The van der Waals surface area contributed by atoms with Gasteiger partial charge in [0, 0.05) is 24.7 Å². The molecule has 1 aliphatic rings. The molecule has 1 fully saturated rings. The van der Waals surface area contributed by atoms with Crippen molar-refractivity contribution in [1.82, 2.24) is 15.8 Å². The van der Waals surface area contributed by atoms with Gasteiger partial charge in [-0.2, -0.15) is 0 Å². The van der Waals surface area contributed by atoms with Gasteiger partial charge in [0.1, 0.15) is 0 Å². The van der Waals surface area contributed by atoms with Crippen LogP contribution in [0.5, 0.6) is 0 Å². The number of rotatable bonds is 4. The minimum absolute atomic E-state index is 0.0298. The maximum Gasteiger partial charge on any atom is 0.320 e. The molecule has 0 saturated heterocycles. The molecule has 132 valence electrons. The Morgan fingerprint density at radius 1 is 1.16 bits per heavy atom. The van der Waals surface area contributed by atoms with E-state index in [1.54, 1.807) is 13.1 Å². The second-order valence-corrected chi connectivity index (χ2v) is 6.15. The van der Waals surface area contributed by atoms with Gasteiger partial charge in [0.05, 0.1) is 5.92 Å². The number of carbonyl (C=O) groups excluding carboxylic acids is 2. The van der Waals surface area contributed by atoms with E-state index >= 15 is 0 Å². The van der Waals surface area contributed by atoms with Gasteiger partial charge in [-0.05, 0) is 12.8 Å². The molecule has 7 nitrogen and oxygen atoms in total. The molecule has 1 aromatic heterocycles. The first-order chi connectivity index (χ1) is 12.2. The highest BCUT2D eigenvalue weighted by atomic mass is 16.5. The fourth-order valence-corrected chi connectivity index (χ4v) is 3.20. The number of carbonyl (C=O) groups is 2. The lowest BCUT2D eigenvalue weighted by atomic mass is 9.84.